The largest absolute Gasteiger partial charge is 0.465 e. The van der Waals surface area contributed by atoms with Crippen molar-refractivity contribution in [3.63, 3.8) is 0 Å². The van der Waals surface area contributed by atoms with Gasteiger partial charge in [0.1, 0.15) is 5.01 Å². The summed E-state index contributed by atoms with van der Waals surface area (Å²) in [5.41, 5.74) is 2.37. The summed E-state index contributed by atoms with van der Waals surface area (Å²) in [6.07, 6.45) is 1.85. The molecule has 0 saturated heterocycles. The number of methoxy groups -OCH3 is 1. The molecule has 0 aliphatic carbocycles. The van der Waals surface area contributed by atoms with Gasteiger partial charge in [0.05, 0.1) is 30.5 Å². The van der Waals surface area contributed by atoms with Crippen molar-refractivity contribution in [2.45, 2.75) is 6.42 Å². The number of carbonyl (C=O) groups excluding carboxylic acids is 2. The van der Waals surface area contributed by atoms with Crippen LogP contribution in [0.15, 0.2) is 54.0 Å². The van der Waals surface area contributed by atoms with Gasteiger partial charge in [0, 0.05) is 17.3 Å². The average molecular weight is 353 g/mol. The number of rotatable bonds is 5. The molecule has 2 aromatic heterocycles. The van der Waals surface area contributed by atoms with Crippen LogP contribution in [0.1, 0.15) is 16.1 Å². The second-order valence-electron chi connectivity index (χ2n) is 5.16. The Morgan fingerprint density at radius 3 is 2.84 bits per heavy atom. The number of nitrogens with one attached hydrogen (secondary N) is 1. The summed E-state index contributed by atoms with van der Waals surface area (Å²) in [6.45, 7) is 0. The van der Waals surface area contributed by atoms with Gasteiger partial charge in [-0.05, 0) is 30.3 Å². The van der Waals surface area contributed by atoms with E-state index >= 15 is 0 Å². The first-order valence-corrected chi connectivity index (χ1v) is 8.37. The maximum atomic E-state index is 12.2. The molecule has 6 nitrogen and oxygen atoms in total. The van der Waals surface area contributed by atoms with Crippen LogP contribution in [0.4, 0.5) is 5.69 Å². The molecule has 0 aliphatic rings. The maximum absolute atomic E-state index is 12.2. The Balaban J connectivity index is 1.65. The third-order valence-electron chi connectivity index (χ3n) is 3.34. The standard InChI is InChI=1S/C18H15N3O3S/c1-24-18(23)12-5-4-6-13(9-12)20-16(22)10-14-11-25-17(21-14)15-7-2-3-8-19-15/h2-9,11H,10H2,1H3,(H,20,22). The second-order valence-corrected chi connectivity index (χ2v) is 6.01. The van der Waals surface area contributed by atoms with E-state index in [0.717, 1.165) is 10.7 Å². The van der Waals surface area contributed by atoms with Crippen molar-refractivity contribution in [2.75, 3.05) is 12.4 Å². The fraction of sp³-hybridized carbons (Fsp3) is 0.111. The van der Waals surface area contributed by atoms with Gasteiger partial charge in [-0.15, -0.1) is 11.3 Å². The number of anilines is 1. The normalized spacial score (nSPS) is 10.3. The van der Waals surface area contributed by atoms with Crippen LogP contribution in [0.25, 0.3) is 10.7 Å². The summed E-state index contributed by atoms with van der Waals surface area (Å²) in [7, 11) is 1.31. The molecule has 0 radical (unpaired) electrons. The van der Waals surface area contributed by atoms with Crippen molar-refractivity contribution in [3.8, 4) is 10.7 Å². The highest BCUT2D eigenvalue weighted by Crippen LogP contribution is 2.21. The van der Waals surface area contributed by atoms with Crippen LogP contribution in [-0.2, 0) is 16.0 Å². The predicted molar refractivity (Wildman–Crippen MR) is 95.5 cm³/mol. The molecule has 3 aromatic rings. The highest BCUT2D eigenvalue weighted by molar-refractivity contribution is 7.13. The minimum absolute atomic E-state index is 0.145. The van der Waals surface area contributed by atoms with Crippen LogP contribution in [0.5, 0.6) is 0 Å². The number of ether oxygens (including phenoxy) is 1. The van der Waals surface area contributed by atoms with E-state index in [1.165, 1.54) is 18.4 Å². The smallest absolute Gasteiger partial charge is 0.337 e. The minimum Gasteiger partial charge on any atom is -0.465 e. The highest BCUT2D eigenvalue weighted by atomic mass is 32.1. The summed E-state index contributed by atoms with van der Waals surface area (Å²) in [5.74, 6) is -0.657. The zero-order valence-corrected chi connectivity index (χ0v) is 14.2. The number of hydrogen-bond acceptors (Lipinski definition) is 6. The number of thiazole rings is 1. The Hall–Kier alpha value is -3.06. The summed E-state index contributed by atoms with van der Waals surface area (Å²) in [6, 6.07) is 12.2. The number of amides is 1. The van der Waals surface area contributed by atoms with Crippen LogP contribution in [0, 0.1) is 0 Å². The van der Waals surface area contributed by atoms with Gasteiger partial charge in [-0.2, -0.15) is 0 Å². The molecule has 0 atom stereocenters. The second kappa shape index (κ2) is 7.67. The van der Waals surface area contributed by atoms with Crippen LogP contribution in [0.2, 0.25) is 0 Å². The molecule has 1 aromatic carbocycles. The van der Waals surface area contributed by atoms with Crippen LogP contribution < -0.4 is 5.32 Å². The van der Waals surface area contributed by atoms with Crippen molar-refractivity contribution >= 4 is 28.9 Å². The van der Waals surface area contributed by atoms with E-state index in [1.807, 2.05) is 23.6 Å². The summed E-state index contributed by atoms with van der Waals surface area (Å²) < 4.78 is 4.67. The van der Waals surface area contributed by atoms with Crippen molar-refractivity contribution < 1.29 is 14.3 Å². The third-order valence-corrected chi connectivity index (χ3v) is 4.26. The lowest BCUT2D eigenvalue weighted by molar-refractivity contribution is -0.115. The van der Waals surface area contributed by atoms with Crippen LogP contribution in [0.3, 0.4) is 0 Å². The van der Waals surface area contributed by atoms with Gasteiger partial charge in [0.2, 0.25) is 5.91 Å². The van der Waals surface area contributed by atoms with Crippen molar-refractivity contribution in [1.29, 1.82) is 0 Å². The molecule has 1 amide bonds. The van der Waals surface area contributed by atoms with E-state index in [-0.39, 0.29) is 12.3 Å². The van der Waals surface area contributed by atoms with Gasteiger partial charge < -0.3 is 10.1 Å². The fourth-order valence-electron chi connectivity index (χ4n) is 2.21. The molecular weight excluding hydrogens is 338 g/mol. The molecule has 126 valence electrons. The number of aromatic nitrogens is 2. The van der Waals surface area contributed by atoms with Gasteiger partial charge in [0.15, 0.2) is 0 Å². The first-order chi connectivity index (χ1) is 12.2. The molecule has 25 heavy (non-hydrogen) atoms. The number of pyridine rings is 1. The molecule has 2 heterocycles. The maximum Gasteiger partial charge on any atom is 0.337 e. The van der Waals surface area contributed by atoms with Crippen LogP contribution >= 0.6 is 11.3 Å². The lowest BCUT2D eigenvalue weighted by Crippen LogP contribution is -2.15. The Morgan fingerprint density at radius 1 is 1.20 bits per heavy atom. The van der Waals surface area contributed by atoms with Crippen molar-refractivity contribution in [3.05, 3.63) is 65.3 Å². The lowest BCUT2D eigenvalue weighted by atomic mass is 10.2. The molecule has 0 spiro atoms. The van der Waals surface area contributed by atoms with E-state index in [9.17, 15) is 9.59 Å². The van der Waals surface area contributed by atoms with Gasteiger partial charge in [0.25, 0.3) is 0 Å². The third kappa shape index (κ3) is 4.27. The molecule has 0 aliphatic heterocycles. The SMILES string of the molecule is COC(=O)c1cccc(NC(=O)Cc2csc(-c3ccccn3)n2)c1. The fourth-order valence-corrected chi connectivity index (χ4v) is 3.00. The number of esters is 1. The number of nitrogens with zero attached hydrogens (tertiary/aromatic N) is 2. The van der Waals surface area contributed by atoms with Gasteiger partial charge >= 0.3 is 5.97 Å². The molecule has 3 rings (SSSR count). The molecular formula is C18H15N3O3S. The minimum atomic E-state index is -0.449. The molecule has 1 N–H and O–H groups in total. The average Bonchev–Trinajstić information content (AvgIpc) is 3.10. The van der Waals surface area contributed by atoms with Crippen molar-refractivity contribution in [1.82, 2.24) is 9.97 Å². The predicted octanol–water partition coefficient (Wildman–Crippen LogP) is 3.17. The molecule has 0 saturated carbocycles. The number of hydrogen-bond donors (Lipinski definition) is 1. The molecule has 0 unspecified atom stereocenters. The number of benzene rings is 1. The Labute approximate surface area is 148 Å². The Morgan fingerprint density at radius 2 is 2.08 bits per heavy atom. The summed E-state index contributed by atoms with van der Waals surface area (Å²) in [5, 5.41) is 5.38. The Kier molecular flexibility index (Phi) is 5.15. The monoisotopic (exact) mass is 353 g/mol. The Bertz CT molecular complexity index is 893. The summed E-state index contributed by atoms with van der Waals surface area (Å²) >= 11 is 1.45. The topological polar surface area (TPSA) is 81.2 Å². The summed E-state index contributed by atoms with van der Waals surface area (Å²) in [4.78, 5) is 32.4. The van der Waals surface area contributed by atoms with E-state index in [1.54, 1.807) is 30.5 Å². The van der Waals surface area contributed by atoms with E-state index in [0.29, 0.717) is 16.9 Å². The quantitative estimate of drug-likeness (QED) is 0.713. The molecule has 0 fully saturated rings. The van der Waals surface area contributed by atoms with Gasteiger partial charge in [-0.1, -0.05) is 12.1 Å². The zero-order chi connectivity index (χ0) is 17.6. The van der Waals surface area contributed by atoms with Gasteiger partial charge in [-0.3, -0.25) is 9.78 Å². The highest BCUT2D eigenvalue weighted by Gasteiger charge is 2.11. The van der Waals surface area contributed by atoms with Crippen molar-refractivity contribution in [2.24, 2.45) is 0 Å². The lowest BCUT2D eigenvalue weighted by Gasteiger charge is -2.06. The van der Waals surface area contributed by atoms with Gasteiger partial charge in [-0.25, -0.2) is 9.78 Å². The molecule has 0 bridgehead atoms. The van der Waals surface area contributed by atoms with E-state index in [4.69, 9.17) is 0 Å². The van der Waals surface area contributed by atoms with E-state index in [2.05, 4.69) is 20.0 Å². The zero-order valence-electron chi connectivity index (χ0n) is 13.4. The van der Waals surface area contributed by atoms with E-state index < -0.39 is 5.97 Å². The first kappa shape index (κ1) is 16.8. The first-order valence-electron chi connectivity index (χ1n) is 7.50. The van der Waals surface area contributed by atoms with Crippen LogP contribution in [-0.4, -0.2) is 29.0 Å². The number of carbonyl (C=O) groups is 2. The molecule has 7 heteroatoms.